The summed E-state index contributed by atoms with van der Waals surface area (Å²) in [4.78, 5) is 42.5. The van der Waals surface area contributed by atoms with E-state index < -0.39 is 0 Å². The van der Waals surface area contributed by atoms with Crippen LogP contribution in [0.25, 0.3) is 37.6 Å². The quantitative estimate of drug-likeness (QED) is 0.118. The van der Waals surface area contributed by atoms with E-state index in [1.165, 1.54) is 28.0 Å². The number of thiophene rings is 1. The molecule has 1 N–H and O–H groups in total. The first-order valence-electron chi connectivity index (χ1n) is 15.2. The minimum atomic E-state index is -0.291. The fraction of sp³-hybridized carbons (Fsp3) is 0.200. The minimum absolute atomic E-state index is 0.000942. The molecule has 0 radical (unpaired) electrons. The van der Waals surface area contributed by atoms with Crippen LogP contribution in [0, 0.1) is 0 Å². The number of aromatic nitrogens is 3. The molecular formula is C35H29Cl2N5O3S3. The Morgan fingerprint density at radius 1 is 1.00 bits per heavy atom. The maximum atomic E-state index is 14.3. The van der Waals surface area contributed by atoms with Crippen molar-refractivity contribution in [3.05, 3.63) is 104 Å². The van der Waals surface area contributed by atoms with Crippen LogP contribution in [0.2, 0.25) is 10.0 Å². The van der Waals surface area contributed by atoms with Gasteiger partial charge >= 0.3 is 0 Å². The number of nitrogens with zero attached hydrogens (tertiary/aromatic N) is 4. The standard InChI is InChI=1S/C35H29Cl2N5O3S3/c1-3-41-16-15-24-27(18-41)47-32-29(24)33(44)42(20-9-8-10-21(17-20)45-2)35(40-32)46-19-28(43)38-34-39-30(22-11-4-6-13-25(22)36)31(48-34)23-12-5-7-14-26(23)37/h4-14,17H,3,15-16,18-19H2,1-2H3,(H,38,39,43). The van der Waals surface area contributed by atoms with Gasteiger partial charge in [-0.1, -0.05) is 95.7 Å². The van der Waals surface area contributed by atoms with Crippen molar-refractivity contribution >= 4 is 78.9 Å². The second kappa shape index (κ2) is 14.0. The van der Waals surface area contributed by atoms with Crippen molar-refractivity contribution in [2.24, 2.45) is 0 Å². The van der Waals surface area contributed by atoms with Crippen LogP contribution < -0.4 is 15.6 Å². The van der Waals surface area contributed by atoms with Gasteiger partial charge in [0, 0.05) is 40.2 Å². The molecule has 0 unspecified atom stereocenters. The van der Waals surface area contributed by atoms with E-state index in [2.05, 4.69) is 17.1 Å². The number of methoxy groups -OCH3 is 1. The number of carbonyl (C=O) groups excluding carboxylic acids is 1. The van der Waals surface area contributed by atoms with Crippen LogP contribution in [-0.4, -0.2) is 51.3 Å². The summed E-state index contributed by atoms with van der Waals surface area (Å²) in [7, 11) is 1.59. The smallest absolute Gasteiger partial charge is 0.267 e. The molecule has 0 atom stereocenters. The van der Waals surface area contributed by atoms with Crippen LogP contribution in [-0.2, 0) is 17.8 Å². The summed E-state index contributed by atoms with van der Waals surface area (Å²) in [5.74, 6) is 0.325. The van der Waals surface area contributed by atoms with E-state index in [0.717, 1.165) is 47.6 Å². The van der Waals surface area contributed by atoms with Gasteiger partial charge in [-0.15, -0.1) is 11.3 Å². The fourth-order valence-electron chi connectivity index (χ4n) is 5.74. The third-order valence-electron chi connectivity index (χ3n) is 8.13. The summed E-state index contributed by atoms with van der Waals surface area (Å²) in [5, 5.41) is 5.55. The Kier molecular flexibility index (Phi) is 9.59. The summed E-state index contributed by atoms with van der Waals surface area (Å²) < 4.78 is 7.06. The SMILES string of the molecule is CCN1CCc2c(sc3nc(SCC(=O)Nc4nc(-c5ccccc5Cl)c(-c5ccccc5Cl)s4)n(-c4cccc(OC)c4)c(=O)c23)C1. The number of thioether (sulfide) groups is 1. The lowest BCUT2D eigenvalue weighted by molar-refractivity contribution is -0.113. The number of amides is 1. The Morgan fingerprint density at radius 2 is 1.75 bits per heavy atom. The number of anilines is 1. The number of ether oxygens (including phenoxy) is 1. The molecule has 1 aliphatic rings. The lowest BCUT2D eigenvalue weighted by atomic mass is 10.1. The van der Waals surface area contributed by atoms with Crippen molar-refractivity contribution in [1.82, 2.24) is 19.4 Å². The summed E-state index contributed by atoms with van der Waals surface area (Å²) >= 11 is 17.2. The first-order valence-corrected chi connectivity index (χ1v) is 18.6. The first-order chi connectivity index (χ1) is 23.3. The molecule has 0 aliphatic carbocycles. The number of hydrogen-bond acceptors (Lipinski definition) is 9. The minimum Gasteiger partial charge on any atom is -0.497 e. The Hall–Kier alpha value is -3.71. The highest BCUT2D eigenvalue weighted by Crippen LogP contribution is 2.43. The van der Waals surface area contributed by atoms with Crippen molar-refractivity contribution in [3.8, 4) is 33.1 Å². The Labute approximate surface area is 299 Å². The molecule has 7 rings (SSSR count). The molecule has 244 valence electrons. The number of fused-ring (bicyclic) bond motifs is 3. The van der Waals surface area contributed by atoms with E-state index in [9.17, 15) is 9.59 Å². The number of likely N-dealkylation sites (N-methyl/N-ethyl adjacent to an activating group) is 1. The molecule has 8 nitrogen and oxygen atoms in total. The average molecular weight is 735 g/mol. The maximum absolute atomic E-state index is 14.3. The molecule has 1 amide bonds. The third kappa shape index (κ3) is 6.38. The van der Waals surface area contributed by atoms with Crippen LogP contribution in [0.5, 0.6) is 5.75 Å². The molecule has 4 heterocycles. The van der Waals surface area contributed by atoms with E-state index >= 15 is 0 Å². The van der Waals surface area contributed by atoms with Gasteiger partial charge in [0.1, 0.15) is 10.6 Å². The van der Waals surface area contributed by atoms with Crippen LogP contribution >= 0.6 is 57.6 Å². The van der Waals surface area contributed by atoms with Gasteiger partial charge in [0.15, 0.2) is 10.3 Å². The molecule has 0 spiro atoms. The molecule has 3 aromatic carbocycles. The number of benzene rings is 3. The van der Waals surface area contributed by atoms with Gasteiger partial charge in [-0.3, -0.25) is 19.1 Å². The average Bonchev–Trinajstić information content (AvgIpc) is 3.68. The number of hydrogen-bond donors (Lipinski definition) is 1. The van der Waals surface area contributed by atoms with Crippen LogP contribution in [0.15, 0.2) is 82.7 Å². The number of nitrogens with one attached hydrogen (secondary N) is 1. The van der Waals surface area contributed by atoms with Gasteiger partial charge < -0.3 is 10.1 Å². The van der Waals surface area contributed by atoms with E-state index in [4.69, 9.17) is 37.9 Å². The van der Waals surface area contributed by atoms with Gasteiger partial charge in [0.05, 0.1) is 39.5 Å². The number of rotatable bonds is 9. The molecule has 48 heavy (non-hydrogen) atoms. The second-order valence-electron chi connectivity index (χ2n) is 11.0. The molecule has 13 heteroatoms. The van der Waals surface area contributed by atoms with Crippen LogP contribution in [0.4, 0.5) is 5.13 Å². The normalized spacial score (nSPS) is 13.1. The zero-order valence-electron chi connectivity index (χ0n) is 26.0. The van der Waals surface area contributed by atoms with Crippen molar-refractivity contribution < 1.29 is 9.53 Å². The van der Waals surface area contributed by atoms with Crippen molar-refractivity contribution in [2.75, 3.05) is 31.3 Å². The monoisotopic (exact) mass is 733 g/mol. The summed E-state index contributed by atoms with van der Waals surface area (Å²) in [6.45, 7) is 4.80. The fourth-order valence-corrected chi connectivity index (χ4v) is 9.41. The highest BCUT2D eigenvalue weighted by Gasteiger charge is 2.26. The lowest BCUT2D eigenvalue weighted by Gasteiger charge is -2.25. The van der Waals surface area contributed by atoms with Gasteiger partial charge in [-0.2, -0.15) is 0 Å². The van der Waals surface area contributed by atoms with Gasteiger partial charge in [-0.25, -0.2) is 9.97 Å². The molecular weight excluding hydrogens is 706 g/mol. The van der Waals surface area contributed by atoms with Crippen molar-refractivity contribution in [3.63, 3.8) is 0 Å². The molecule has 0 saturated heterocycles. The topological polar surface area (TPSA) is 89.3 Å². The molecule has 0 saturated carbocycles. The third-order valence-corrected chi connectivity index (χ3v) is 11.8. The Balaban J connectivity index is 1.22. The van der Waals surface area contributed by atoms with Gasteiger partial charge in [0.2, 0.25) is 5.91 Å². The predicted octanol–water partition coefficient (Wildman–Crippen LogP) is 8.66. The van der Waals surface area contributed by atoms with E-state index in [-0.39, 0.29) is 17.2 Å². The highest BCUT2D eigenvalue weighted by atomic mass is 35.5. The summed E-state index contributed by atoms with van der Waals surface area (Å²) in [5.41, 5.74) is 3.71. The molecule has 6 aromatic rings. The van der Waals surface area contributed by atoms with Gasteiger partial charge in [0.25, 0.3) is 5.56 Å². The zero-order valence-corrected chi connectivity index (χ0v) is 29.9. The maximum Gasteiger partial charge on any atom is 0.267 e. The molecule has 0 bridgehead atoms. The summed E-state index contributed by atoms with van der Waals surface area (Å²) in [6, 6.07) is 22.3. The van der Waals surface area contributed by atoms with Crippen LogP contribution in [0.3, 0.4) is 0 Å². The summed E-state index contributed by atoms with van der Waals surface area (Å²) in [6.07, 6.45) is 0.799. The van der Waals surface area contributed by atoms with Crippen LogP contribution in [0.1, 0.15) is 17.4 Å². The number of halogens is 2. The van der Waals surface area contributed by atoms with E-state index in [1.54, 1.807) is 35.1 Å². The predicted molar refractivity (Wildman–Crippen MR) is 199 cm³/mol. The first kappa shape index (κ1) is 32.8. The zero-order chi connectivity index (χ0) is 33.4. The van der Waals surface area contributed by atoms with E-state index in [1.807, 2.05) is 60.7 Å². The van der Waals surface area contributed by atoms with Gasteiger partial charge in [-0.05, 0) is 42.8 Å². The number of carbonyl (C=O) groups is 1. The van der Waals surface area contributed by atoms with Crippen molar-refractivity contribution in [1.29, 1.82) is 0 Å². The van der Waals surface area contributed by atoms with Crippen molar-refractivity contribution in [2.45, 2.75) is 25.0 Å². The Bertz CT molecular complexity index is 2170. The Morgan fingerprint density at radius 3 is 2.48 bits per heavy atom. The molecule has 0 fully saturated rings. The second-order valence-corrected chi connectivity index (χ2v) is 14.9. The molecule has 3 aromatic heterocycles. The largest absolute Gasteiger partial charge is 0.497 e. The van der Waals surface area contributed by atoms with E-state index in [0.29, 0.717) is 47.7 Å². The highest BCUT2D eigenvalue weighted by molar-refractivity contribution is 7.99. The molecule has 1 aliphatic heterocycles. The lowest BCUT2D eigenvalue weighted by Crippen LogP contribution is -2.30. The number of thiazole rings is 1.